The van der Waals surface area contributed by atoms with Gasteiger partial charge in [0, 0.05) is 23.7 Å². The summed E-state index contributed by atoms with van der Waals surface area (Å²) in [5.41, 5.74) is 2.12. The number of anilines is 1. The maximum atomic E-state index is 13.5. The molecule has 1 N–H and O–H groups in total. The van der Waals surface area contributed by atoms with Crippen LogP contribution in [0.3, 0.4) is 0 Å². The Morgan fingerprint density at radius 1 is 1.22 bits per heavy atom. The molecule has 7 nitrogen and oxygen atoms in total. The van der Waals surface area contributed by atoms with Gasteiger partial charge in [-0.3, -0.25) is 4.79 Å². The summed E-state index contributed by atoms with van der Waals surface area (Å²) in [5, 5.41) is 8.73. The summed E-state index contributed by atoms with van der Waals surface area (Å²) >= 11 is 1.54. The van der Waals surface area contributed by atoms with Crippen molar-refractivity contribution in [2.75, 3.05) is 18.4 Å². The van der Waals surface area contributed by atoms with Gasteiger partial charge in [-0.15, -0.1) is 11.3 Å². The predicted molar refractivity (Wildman–Crippen MR) is 126 cm³/mol. The summed E-state index contributed by atoms with van der Waals surface area (Å²) in [5.74, 6) is -0.402. The van der Waals surface area contributed by atoms with E-state index in [2.05, 4.69) is 10.5 Å². The lowest BCUT2D eigenvalue weighted by molar-refractivity contribution is -0.120. The number of hydrogen-bond acceptors (Lipinski definition) is 6. The maximum absolute atomic E-state index is 13.5. The van der Waals surface area contributed by atoms with E-state index in [0.29, 0.717) is 30.8 Å². The molecule has 32 heavy (non-hydrogen) atoms. The summed E-state index contributed by atoms with van der Waals surface area (Å²) in [6, 6.07) is 11.4. The van der Waals surface area contributed by atoms with Crippen LogP contribution in [0.25, 0.3) is 12.2 Å². The second kappa shape index (κ2) is 9.40. The Labute approximate surface area is 191 Å². The van der Waals surface area contributed by atoms with Crippen LogP contribution in [-0.2, 0) is 14.8 Å². The van der Waals surface area contributed by atoms with E-state index in [1.54, 1.807) is 30.4 Å². The Kier molecular flexibility index (Phi) is 6.59. The summed E-state index contributed by atoms with van der Waals surface area (Å²) < 4.78 is 33.6. The lowest BCUT2D eigenvalue weighted by Gasteiger charge is -2.31. The van der Waals surface area contributed by atoms with Crippen molar-refractivity contribution in [1.82, 2.24) is 9.46 Å². The van der Waals surface area contributed by atoms with E-state index in [4.69, 9.17) is 4.52 Å². The van der Waals surface area contributed by atoms with Crippen LogP contribution in [0, 0.1) is 19.8 Å². The van der Waals surface area contributed by atoms with Crippen molar-refractivity contribution in [3.8, 4) is 0 Å². The third-order valence-corrected chi connectivity index (χ3v) is 8.31. The highest BCUT2D eigenvalue weighted by atomic mass is 32.2. The molecular weight excluding hydrogens is 446 g/mol. The molecular formula is C23H25N3O4S2. The van der Waals surface area contributed by atoms with Gasteiger partial charge in [0.25, 0.3) is 0 Å². The van der Waals surface area contributed by atoms with Crippen LogP contribution in [0.4, 0.5) is 5.69 Å². The first kappa shape index (κ1) is 22.4. The Morgan fingerprint density at radius 3 is 2.72 bits per heavy atom. The number of aryl methyl sites for hydroxylation is 2. The number of carbonyl (C=O) groups is 1. The molecule has 9 heteroatoms. The van der Waals surface area contributed by atoms with Crippen molar-refractivity contribution in [3.63, 3.8) is 0 Å². The van der Waals surface area contributed by atoms with Crippen molar-refractivity contribution in [3.05, 3.63) is 63.7 Å². The van der Waals surface area contributed by atoms with E-state index in [0.717, 1.165) is 10.4 Å². The number of sulfonamides is 1. The number of amides is 1. The van der Waals surface area contributed by atoms with Gasteiger partial charge in [-0.25, -0.2) is 8.42 Å². The van der Waals surface area contributed by atoms with Crippen molar-refractivity contribution in [2.24, 2.45) is 5.92 Å². The minimum atomic E-state index is -3.87. The van der Waals surface area contributed by atoms with Crippen molar-refractivity contribution < 1.29 is 17.7 Å². The molecule has 1 aliphatic heterocycles. The molecule has 1 fully saturated rings. The third-order valence-electron chi connectivity index (χ3n) is 5.45. The average Bonchev–Trinajstić information content (AvgIpc) is 3.43. The highest BCUT2D eigenvalue weighted by molar-refractivity contribution is 7.89. The van der Waals surface area contributed by atoms with Gasteiger partial charge in [-0.1, -0.05) is 28.9 Å². The highest BCUT2D eigenvalue weighted by Crippen LogP contribution is 2.30. The Balaban J connectivity index is 1.52. The molecule has 1 aliphatic rings. The quantitative estimate of drug-likeness (QED) is 0.569. The van der Waals surface area contributed by atoms with Gasteiger partial charge < -0.3 is 9.84 Å². The van der Waals surface area contributed by atoms with Gasteiger partial charge in [0.05, 0.1) is 5.92 Å². The SMILES string of the molecule is Cc1ccc(NC(=O)C2CCCN(S(=O)(=O)c3c(C)noc3/C=C/c3cccs3)C2)cc1. The lowest BCUT2D eigenvalue weighted by atomic mass is 9.98. The minimum Gasteiger partial charge on any atom is -0.355 e. The van der Waals surface area contributed by atoms with E-state index in [1.807, 2.05) is 48.7 Å². The van der Waals surface area contributed by atoms with Crippen LogP contribution in [0.5, 0.6) is 0 Å². The van der Waals surface area contributed by atoms with Gasteiger partial charge in [-0.05, 0) is 62.4 Å². The second-order valence-corrected chi connectivity index (χ2v) is 10.7. The van der Waals surface area contributed by atoms with E-state index in [1.165, 1.54) is 4.31 Å². The van der Waals surface area contributed by atoms with Crippen molar-refractivity contribution in [1.29, 1.82) is 0 Å². The molecule has 0 saturated carbocycles. The molecule has 0 aliphatic carbocycles. The largest absolute Gasteiger partial charge is 0.355 e. The maximum Gasteiger partial charge on any atom is 0.248 e. The number of aromatic nitrogens is 1. The van der Waals surface area contributed by atoms with Gasteiger partial charge in [0.15, 0.2) is 10.7 Å². The van der Waals surface area contributed by atoms with Crippen molar-refractivity contribution >= 4 is 45.1 Å². The topological polar surface area (TPSA) is 92.5 Å². The predicted octanol–water partition coefficient (Wildman–Crippen LogP) is 4.56. The number of nitrogens with zero attached hydrogens (tertiary/aromatic N) is 2. The Morgan fingerprint density at radius 2 is 2.00 bits per heavy atom. The number of nitrogens with one attached hydrogen (secondary N) is 1. The summed E-state index contributed by atoms with van der Waals surface area (Å²) in [6.45, 7) is 4.07. The number of hydrogen-bond donors (Lipinski definition) is 1. The molecule has 1 atom stereocenters. The molecule has 1 amide bonds. The molecule has 168 valence electrons. The minimum absolute atomic E-state index is 0.0601. The first-order chi connectivity index (χ1) is 15.3. The standard InChI is InChI=1S/C23H25N3O4S2/c1-16-7-9-19(10-8-16)24-23(27)18-5-3-13-26(15-18)32(28,29)22-17(2)25-30-21(22)12-11-20-6-4-14-31-20/h4,6-12,14,18H,3,5,13,15H2,1-2H3,(H,24,27)/b12-11+. The van der Waals surface area contributed by atoms with Crippen LogP contribution in [-0.4, -0.2) is 36.9 Å². The van der Waals surface area contributed by atoms with Gasteiger partial charge >= 0.3 is 0 Å². The number of benzene rings is 1. The summed E-state index contributed by atoms with van der Waals surface area (Å²) in [7, 11) is -3.87. The van der Waals surface area contributed by atoms with Crippen molar-refractivity contribution in [2.45, 2.75) is 31.6 Å². The van der Waals surface area contributed by atoms with E-state index >= 15 is 0 Å². The molecule has 3 heterocycles. The fourth-order valence-electron chi connectivity index (χ4n) is 3.73. The lowest BCUT2D eigenvalue weighted by Crippen LogP contribution is -2.43. The van der Waals surface area contributed by atoms with Gasteiger partial charge in [-0.2, -0.15) is 4.31 Å². The third kappa shape index (κ3) is 4.85. The molecule has 0 spiro atoms. The van der Waals surface area contributed by atoms with Gasteiger partial charge in [0.1, 0.15) is 5.69 Å². The van der Waals surface area contributed by atoms with Crippen LogP contribution in [0.2, 0.25) is 0 Å². The van der Waals surface area contributed by atoms with Crippen LogP contribution >= 0.6 is 11.3 Å². The highest BCUT2D eigenvalue weighted by Gasteiger charge is 2.36. The fraction of sp³-hybridized carbons (Fsp3) is 0.304. The molecule has 0 bridgehead atoms. The normalized spacial score (nSPS) is 17.6. The van der Waals surface area contributed by atoms with E-state index in [9.17, 15) is 13.2 Å². The molecule has 1 aromatic carbocycles. The fourth-order valence-corrected chi connectivity index (χ4v) is 6.12. The van der Waals surface area contributed by atoms with Crippen LogP contribution < -0.4 is 5.32 Å². The number of piperidine rings is 1. The average molecular weight is 472 g/mol. The molecule has 1 unspecified atom stereocenters. The number of rotatable bonds is 6. The zero-order valence-electron chi connectivity index (χ0n) is 17.9. The zero-order valence-corrected chi connectivity index (χ0v) is 19.6. The van der Waals surface area contributed by atoms with E-state index < -0.39 is 15.9 Å². The molecule has 3 aromatic rings. The number of carbonyl (C=O) groups excluding carboxylic acids is 1. The van der Waals surface area contributed by atoms with Crippen LogP contribution in [0.1, 0.15) is 34.7 Å². The number of thiophene rings is 1. The van der Waals surface area contributed by atoms with Crippen LogP contribution in [0.15, 0.2) is 51.2 Å². The molecule has 4 rings (SSSR count). The van der Waals surface area contributed by atoms with E-state index in [-0.39, 0.29) is 23.1 Å². The smallest absolute Gasteiger partial charge is 0.248 e. The molecule has 1 saturated heterocycles. The monoisotopic (exact) mass is 471 g/mol. The summed E-state index contributed by atoms with van der Waals surface area (Å²) in [4.78, 5) is 13.8. The first-order valence-corrected chi connectivity index (χ1v) is 12.7. The molecule has 2 aromatic heterocycles. The van der Waals surface area contributed by atoms with Gasteiger partial charge in [0.2, 0.25) is 15.9 Å². The Hall–Kier alpha value is -2.75. The zero-order chi connectivity index (χ0) is 22.7. The molecule has 0 radical (unpaired) electrons. The first-order valence-electron chi connectivity index (χ1n) is 10.4. The Bertz CT molecular complexity index is 1210. The summed E-state index contributed by atoms with van der Waals surface area (Å²) in [6.07, 6.45) is 4.68. The second-order valence-electron chi connectivity index (χ2n) is 7.87.